The summed E-state index contributed by atoms with van der Waals surface area (Å²) in [5.74, 6) is 0.339. The van der Waals surface area contributed by atoms with Gasteiger partial charge in [-0.3, -0.25) is 0 Å². The van der Waals surface area contributed by atoms with Crippen molar-refractivity contribution in [3.8, 4) is 0 Å². The van der Waals surface area contributed by atoms with Crippen molar-refractivity contribution in [2.45, 2.75) is 80.1 Å². The molecule has 2 rings (SSSR count). The Kier molecular flexibility index (Phi) is 4.27. The van der Waals surface area contributed by atoms with Crippen LogP contribution < -0.4 is 0 Å². The number of esters is 1. The molecule has 0 aliphatic heterocycles. The third-order valence-electron chi connectivity index (χ3n) is 5.67. The summed E-state index contributed by atoms with van der Waals surface area (Å²) in [7, 11) is 0. The van der Waals surface area contributed by atoms with E-state index in [2.05, 4.69) is 27.4 Å². The topological polar surface area (TPSA) is 35.5 Å². The highest BCUT2D eigenvalue weighted by atomic mass is 16.7. The molecule has 0 amide bonds. The maximum absolute atomic E-state index is 12.0. The number of carbonyl (C=O) groups is 1. The van der Waals surface area contributed by atoms with Crippen LogP contribution in [0.3, 0.4) is 0 Å². The quantitative estimate of drug-likeness (QED) is 0.428. The maximum Gasteiger partial charge on any atom is 0.335 e. The first-order valence-electron chi connectivity index (χ1n) is 8.40. The molecule has 2 saturated carbocycles. The third kappa shape index (κ3) is 2.97. The van der Waals surface area contributed by atoms with Crippen molar-refractivity contribution in [3.63, 3.8) is 0 Å². The fourth-order valence-corrected chi connectivity index (χ4v) is 4.33. The molecular formula is C19H32O3. The van der Waals surface area contributed by atoms with Crippen LogP contribution in [-0.4, -0.2) is 18.4 Å². The van der Waals surface area contributed by atoms with Gasteiger partial charge in [-0.1, -0.05) is 48.1 Å². The number of rotatable bonds is 4. The van der Waals surface area contributed by atoms with E-state index in [4.69, 9.17) is 9.47 Å². The lowest BCUT2D eigenvalue weighted by Gasteiger charge is -2.45. The average molecular weight is 308 g/mol. The average Bonchev–Trinajstić information content (AvgIpc) is 2.82. The van der Waals surface area contributed by atoms with Crippen LogP contribution >= 0.6 is 0 Å². The van der Waals surface area contributed by atoms with E-state index in [9.17, 15) is 4.79 Å². The van der Waals surface area contributed by atoms with Gasteiger partial charge in [0.15, 0.2) is 0 Å². The summed E-state index contributed by atoms with van der Waals surface area (Å²) in [4.78, 5) is 12.0. The van der Waals surface area contributed by atoms with Crippen molar-refractivity contribution in [2.24, 2.45) is 22.2 Å². The lowest BCUT2D eigenvalue weighted by atomic mass is 9.70. The summed E-state index contributed by atoms with van der Waals surface area (Å²) in [6.07, 6.45) is 3.29. The van der Waals surface area contributed by atoms with Crippen LogP contribution in [-0.2, 0) is 14.3 Å². The van der Waals surface area contributed by atoms with E-state index in [0.717, 1.165) is 0 Å². The largest absolute Gasteiger partial charge is 0.432 e. The van der Waals surface area contributed by atoms with Crippen molar-refractivity contribution in [2.75, 3.05) is 0 Å². The van der Waals surface area contributed by atoms with E-state index in [0.29, 0.717) is 11.5 Å². The molecule has 2 bridgehead atoms. The Morgan fingerprint density at radius 2 is 1.86 bits per heavy atom. The fraction of sp³-hybridized carbons (Fsp3) is 0.842. The lowest BCUT2D eigenvalue weighted by Crippen LogP contribution is -2.48. The molecule has 22 heavy (non-hydrogen) atoms. The van der Waals surface area contributed by atoms with E-state index >= 15 is 0 Å². The molecule has 4 unspecified atom stereocenters. The smallest absolute Gasteiger partial charge is 0.335 e. The van der Waals surface area contributed by atoms with E-state index in [1.807, 2.05) is 20.8 Å². The number of ether oxygens (including phenoxy) is 2. The minimum atomic E-state index is -0.544. The lowest BCUT2D eigenvalue weighted by molar-refractivity contribution is -0.246. The third-order valence-corrected chi connectivity index (χ3v) is 5.67. The van der Waals surface area contributed by atoms with Crippen LogP contribution in [0.25, 0.3) is 0 Å². The van der Waals surface area contributed by atoms with Gasteiger partial charge in [-0.05, 0) is 42.9 Å². The molecule has 0 aromatic rings. The van der Waals surface area contributed by atoms with Gasteiger partial charge in [0.1, 0.15) is 0 Å². The van der Waals surface area contributed by atoms with Crippen molar-refractivity contribution in [1.29, 1.82) is 0 Å². The summed E-state index contributed by atoms with van der Waals surface area (Å²) in [6.45, 7) is 18.4. The Hall–Kier alpha value is -0.830. The summed E-state index contributed by atoms with van der Waals surface area (Å²) in [5.41, 5.74) is 0.481. The second-order valence-electron chi connectivity index (χ2n) is 9.31. The van der Waals surface area contributed by atoms with Gasteiger partial charge in [0.05, 0.1) is 6.10 Å². The van der Waals surface area contributed by atoms with Gasteiger partial charge in [0, 0.05) is 11.0 Å². The number of hydrogen-bond donors (Lipinski definition) is 0. The van der Waals surface area contributed by atoms with Gasteiger partial charge in [-0.25, -0.2) is 4.79 Å². The van der Waals surface area contributed by atoms with E-state index in [-0.39, 0.29) is 28.3 Å². The monoisotopic (exact) mass is 308 g/mol. The van der Waals surface area contributed by atoms with Gasteiger partial charge >= 0.3 is 5.97 Å². The standard InChI is InChI=1S/C19H32O3/c1-12(2)14(20)21-16(17(3,4)5)22-15-18(6,7)13-9-10-19(15,8)11-13/h13,15-16H,1,9-11H2,2-8H3. The van der Waals surface area contributed by atoms with E-state index < -0.39 is 6.29 Å². The van der Waals surface area contributed by atoms with Crippen LogP contribution in [0.2, 0.25) is 0 Å². The highest BCUT2D eigenvalue weighted by Crippen LogP contribution is 2.64. The minimum absolute atomic E-state index is 0.126. The first-order valence-corrected chi connectivity index (χ1v) is 8.40. The van der Waals surface area contributed by atoms with Gasteiger partial charge < -0.3 is 9.47 Å². The second kappa shape index (κ2) is 5.36. The predicted molar refractivity (Wildman–Crippen MR) is 88.3 cm³/mol. The molecule has 126 valence electrons. The van der Waals surface area contributed by atoms with Crippen molar-refractivity contribution in [3.05, 3.63) is 12.2 Å². The molecule has 0 aromatic carbocycles. The van der Waals surface area contributed by atoms with Crippen LogP contribution in [0.1, 0.15) is 67.7 Å². The molecule has 0 spiro atoms. The SMILES string of the molecule is C=C(C)C(=O)OC(OC1C2(C)CCC(C2)C1(C)C)C(C)(C)C. The Morgan fingerprint density at radius 3 is 2.27 bits per heavy atom. The molecule has 2 aliphatic rings. The van der Waals surface area contributed by atoms with Crippen molar-refractivity contribution < 1.29 is 14.3 Å². The Morgan fingerprint density at radius 1 is 1.27 bits per heavy atom. The number of fused-ring (bicyclic) bond motifs is 2. The molecule has 0 radical (unpaired) electrons. The van der Waals surface area contributed by atoms with E-state index in [1.54, 1.807) is 6.92 Å². The van der Waals surface area contributed by atoms with Crippen molar-refractivity contribution in [1.82, 2.24) is 0 Å². The zero-order valence-electron chi connectivity index (χ0n) is 15.3. The zero-order valence-corrected chi connectivity index (χ0v) is 15.3. The first kappa shape index (κ1) is 17.5. The molecule has 0 N–H and O–H groups in total. The molecule has 0 saturated heterocycles. The first-order chi connectivity index (χ1) is 9.88. The molecular weight excluding hydrogens is 276 g/mol. The highest BCUT2D eigenvalue weighted by Gasteiger charge is 2.61. The molecule has 2 fully saturated rings. The molecule has 3 nitrogen and oxygen atoms in total. The molecule has 3 heteroatoms. The highest BCUT2D eigenvalue weighted by molar-refractivity contribution is 5.87. The molecule has 0 aromatic heterocycles. The van der Waals surface area contributed by atoms with Crippen LogP contribution in [0, 0.1) is 22.2 Å². The number of hydrogen-bond acceptors (Lipinski definition) is 3. The Balaban J connectivity index is 2.20. The summed E-state index contributed by atoms with van der Waals surface area (Å²) >= 11 is 0. The van der Waals surface area contributed by atoms with Crippen LogP contribution in [0.5, 0.6) is 0 Å². The molecule has 2 aliphatic carbocycles. The second-order valence-corrected chi connectivity index (χ2v) is 9.31. The van der Waals surface area contributed by atoms with Gasteiger partial charge in [0.2, 0.25) is 6.29 Å². The van der Waals surface area contributed by atoms with E-state index in [1.165, 1.54) is 19.3 Å². The minimum Gasteiger partial charge on any atom is -0.432 e. The summed E-state index contributed by atoms with van der Waals surface area (Å²) in [6, 6.07) is 0. The van der Waals surface area contributed by atoms with Crippen LogP contribution in [0.4, 0.5) is 0 Å². The normalized spacial score (nSPS) is 34.5. The zero-order chi connectivity index (χ0) is 16.9. The van der Waals surface area contributed by atoms with Gasteiger partial charge in [-0.2, -0.15) is 0 Å². The number of carbonyl (C=O) groups excluding carboxylic acids is 1. The fourth-order valence-electron chi connectivity index (χ4n) is 4.33. The maximum atomic E-state index is 12.0. The Labute approximate surface area is 135 Å². The Bertz CT molecular complexity index is 467. The van der Waals surface area contributed by atoms with Gasteiger partial charge in [-0.15, -0.1) is 0 Å². The molecule has 4 atom stereocenters. The summed E-state index contributed by atoms with van der Waals surface area (Å²) in [5, 5.41) is 0. The van der Waals surface area contributed by atoms with Crippen molar-refractivity contribution >= 4 is 5.97 Å². The predicted octanol–water partition coefficient (Wildman–Crippen LogP) is 4.71. The van der Waals surface area contributed by atoms with Crippen LogP contribution in [0.15, 0.2) is 12.2 Å². The summed E-state index contributed by atoms with van der Waals surface area (Å²) < 4.78 is 12.1. The van der Waals surface area contributed by atoms with Gasteiger partial charge in [0.25, 0.3) is 0 Å². The molecule has 0 heterocycles.